The van der Waals surface area contributed by atoms with Gasteiger partial charge in [0.2, 0.25) is 0 Å². The van der Waals surface area contributed by atoms with E-state index in [1.54, 1.807) is 18.2 Å². The SMILES string of the molecule is O=CCNC(=S)NNCc1ccc(-c2cccc(OC(F)(F)F)c2)o1. The average molecular weight is 373 g/mol. The first-order valence-corrected chi connectivity index (χ1v) is 7.43. The Balaban J connectivity index is 1.93. The number of hydrogen-bond acceptors (Lipinski definition) is 5. The normalized spacial score (nSPS) is 11.0. The van der Waals surface area contributed by atoms with Crippen molar-refractivity contribution < 1.29 is 27.1 Å². The van der Waals surface area contributed by atoms with Crippen molar-refractivity contribution in [3.8, 4) is 17.1 Å². The molecule has 0 amide bonds. The lowest BCUT2D eigenvalue weighted by Gasteiger charge is -2.09. The Morgan fingerprint density at radius 1 is 1.28 bits per heavy atom. The first-order valence-electron chi connectivity index (χ1n) is 7.02. The van der Waals surface area contributed by atoms with Crippen LogP contribution in [0.15, 0.2) is 40.8 Å². The second-order valence-electron chi connectivity index (χ2n) is 4.70. The molecule has 10 heteroatoms. The molecule has 0 aliphatic heterocycles. The molecule has 3 N–H and O–H groups in total. The summed E-state index contributed by atoms with van der Waals surface area (Å²) in [5, 5.41) is 2.87. The zero-order chi connectivity index (χ0) is 18.3. The van der Waals surface area contributed by atoms with Crippen LogP contribution in [0.1, 0.15) is 5.76 Å². The number of nitrogens with one attached hydrogen (secondary N) is 3. The number of ether oxygens (including phenoxy) is 1. The van der Waals surface area contributed by atoms with Crippen molar-refractivity contribution >= 4 is 23.6 Å². The summed E-state index contributed by atoms with van der Waals surface area (Å²) < 4.78 is 46.2. The third kappa shape index (κ3) is 6.43. The molecule has 1 aromatic carbocycles. The van der Waals surface area contributed by atoms with Crippen molar-refractivity contribution in [1.82, 2.24) is 16.2 Å². The van der Waals surface area contributed by atoms with Gasteiger partial charge in [-0.25, -0.2) is 5.43 Å². The Bertz CT molecular complexity index is 734. The van der Waals surface area contributed by atoms with Crippen LogP contribution < -0.4 is 20.9 Å². The van der Waals surface area contributed by atoms with Crippen LogP contribution >= 0.6 is 12.2 Å². The van der Waals surface area contributed by atoms with Crippen molar-refractivity contribution in [3.63, 3.8) is 0 Å². The van der Waals surface area contributed by atoms with Gasteiger partial charge in [0.1, 0.15) is 23.6 Å². The molecular weight excluding hydrogens is 359 g/mol. The van der Waals surface area contributed by atoms with Crippen LogP contribution in [0.5, 0.6) is 5.75 Å². The lowest BCUT2D eigenvalue weighted by atomic mass is 10.2. The van der Waals surface area contributed by atoms with Gasteiger partial charge in [0.05, 0.1) is 13.1 Å². The second kappa shape index (κ2) is 8.49. The van der Waals surface area contributed by atoms with Crippen LogP contribution in [-0.2, 0) is 11.3 Å². The molecule has 2 rings (SSSR count). The number of alkyl halides is 3. The summed E-state index contributed by atoms with van der Waals surface area (Å²) in [5.41, 5.74) is 5.89. The van der Waals surface area contributed by atoms with E-state index in [9.17, 15) is 18.0 Å². The summed E-state index contributed by atoms with van der Waals surface area (Å²) in [7, 11) is 0. The van der Waals surface area contributed by atoms with E-state index in [0.717, 1.165) is 0 Å². The Morgan fingerprint density at radius 3 is 2.80 bits per heavy atom. The molecule has 0 fully saturated rings. The second-order valence-corrected chi connectivity index (χ2v) is 5.11. The minimum Gasteiger partial charge on any atom is -0.460 e. The summed E-state index contributed by atoms with van der Waals surface area (Å²) in [6.45, 7) is 0.358. The van der Waals surface area contributed by atoms with Gasteiger partial charge in [-0.2, -0.15) is 0 Å². The highest BCUT2D eigenvalue weighted by Gasteiger charge is 2.31. The first-order chi connectivity index (χ1) is 11.9. The van der Waals surface area contributed by atoms with Crippen molar-refractivity contribution in [2.24, 2.45) is 0 Å². The van der Waals surface area contributed by atoms with E-state index in [0.29, 0.717) is 23.4 Å². The monoisotopic (exact) mass is 373 g/mol. The number of aldehydes is 1. The third-order valence-electron chi connectivity index (χ3n) is 2.82. The van der Waals surface area contributed by atoms with Gasteiger partial charge in [-0.15, -0.1) is 13.2 Å². The Kier molecular flexibility index (Phi) is 6.37. The number of thiocarbonyl (C=S) groups is 1. The van der Waals surface area contributed by atoms with Crippen molar-refractivity contribution in [1.29, 1.82) is 0 Å². The Labute approximate surface area is 146 Å². The van der Waals surface area contributed by atoms with E-state index < -0.39 is 6.36 Å². The summed E-state index contributed by atoms with van der Waals surface area (Å²) >= 11 is 4.89. The minimum absolute atomic E-state index is 0.0920. The van der Waals surface area contributed by atoms with Crippen LogP contribution in [0.2, 0.25) is 0 Å². The molecule has 0 unspecified atom stereocenters. The predicted octanol–water partition coefficient (Wildman–Crippen LogP) is 2.51. The largest absolute Gasteiger partial charge is 0.573 e. The number of rotatable bonds is 7. The average Bonchev–Trinajstić information content (AvgIpc) is 3.00. The molecule has 0 aliphatic rings. The fourth-order valence-corrected chi connectivity index (χ4v) is 2.02. The molecule has 0 radical (unpaired) electrons. The standard InChI is InChI=1S/C15H14F3N3O3S/c16-15(17,18)24-11-3-1-2-10(8-11)13-5-4-12(23-13)9-20-21-14(25)19-6-7-22/h1-5,7-8,20H,6,9H2,(H2,19,21,25). The number of furan rings is 1. The molecule has 2 aromatic rings. The summed E-state index contributed by atoms with van der Waals surface area (Å²) in [5.74, 6) is 0.600. The van der Waals surface area contributed by atoms with E-state index >= 15 is 0 Å². The van der Waals surface area contributed by atoms with E-state index in [-0.39, 0.29) is 24.0 Å². The molecule has 1 aromatic heterocycles. The van der Waals surface area contributed by atoms with Gasteiger partial charge in [-0.05, 0) is 36.5 Å². The minimum atomic E-state index is -4.75. The van der Waals surface area contributed by atoms with Crippen molar-refractivity contribution in [2.45, 2.75) is 12.9 Å². The number of hydrogen-bond donors (Lipinski definition) is 3. The lowest BCUT2D eigenvalue weighted by Crippen LogP contribution is -2.44. The molecule has 0 bridgehead atoms. The third-order valence-corrected chi connectivity index (χ3v) is 3.07. The fourth-order valence-electron chi connectivity index (χ4n) is 1.86. The quantitative estimate of drug-likeness (QED) is 0.391. The number of halogens is 3. The highest BCUT2D eigenvalue weighted by molar-refractivity contribution is 7.80. The predicted molar refractivity (Wildman–Crippen MR) is 87.5 cm³/mol. The van der Waals surface area contributed by atoms with Gasteiger partial charge in [0.25, 0.3) is 0 Å². The summed E-state index contributed by atoms with van der Waals surface area (Å²) in [6.07, 6.45) is -4.08. The van der Waals surface area contributed by atoms with Crippen LogP contribution in [-0.4, -0.2) is 24.3 Å². The van der Waals surface area contributed by atoms with Crippen LogP contribution in [0, 0.1) is 0 Å². The smallest absolute Gasteiger partial charge is 0.460 e. The molecule has 0 spiro atoms. The molecule has 0 aliphatic carbocycles. The zero-order valence-corrected chi connectivity index (χ0v) is 13.5. The lowest BCUT2D eigenvalue weighted by molar-refractivity contribution is -0.274. The Morgan fingerprint density at radius 2 is 2.08 bits per heavy atom. The maximum absolute atomic E-state index is 12.3. The van der Waals surface area contributed by atoms with E-state index in [1.807, 2.05) is 0 Å². The van der Waals surface area contributed by atoms with Crippen LogP contribution in [0.4, 0.5) is 13.2 Å². The molecule has 0 saturated heterocycles. The zero-order valence-electron chi connectivity index (χ0n) is 12.7. The maximum Gasteiger partial charge on any atom is 0.573 e. The van der Waals surface area contributed by atoms with E-state index in [4.69, 9.17) is 16.6 Å². The molecule has 1 heterocycles. The van der Waals surface area contributed by atoms with Gasteiger partial charge in [0.15, 0.2) is 5.11 Å². The Hall–Kier alpha value is -2.59. The number of hydrazine groups is 1. The molecular formula is C15H14F3N3O3S. The van der Waals surface area contributed by atoms with E-state index in [2.05, 4.69) is 20.9 Å². The fraction of sp³-hybridized carbons (Fsp3) is 0.200. The van der Waals surface area contributed by atoms with Gasteiger partial charge in [-0.3, -0.25) is 5.43 Å². The molecule has 134 valence electrons. The van der Waals surface area contributed by atoms with Gasteiger partial charge in [0, 0.05) is 5.56 Å². The van der Waals surface area contributed by atoms with Crippen molar-refractivity contribution in [2.75, 3.05) is 6.54 Å². The molecule has 0 atom stereocenters. The molecule has 0 saturated carbocycles. The topological polar surface area (TPSA) is 75.5 Å². The maximum atomic E-state index is 12.3. The summed E-state index contributed by atoms with van der Waals surface area (Å²) in [4.78, 5) is 10.2. The molecule has 6 nitrogen and oxygen atoms in total. The van der Waals surface area contributed by atoms with Gasteiger partial charge < -0.3 is 19.3 Å². The highest BCUT2D eigenvalue weighted by Crippen LogP contribution is 2.28. The van der Waals surface area contributed by atoms with E-state index in [1.165, 1.54) is 18.2 Å². The van der Waals surface area contributed by atoms with Crippen molar-refractivity contribution in [3.05, 3.63) is 42.2 Å². The van der Waals surface area contributed by atoms with Crippen LogP contribution in [0.25, 0.3) is 11.3 Å². The highest BCUT2D eigenvalue weighted by atomic mass is 32.1. The number of carbonyl (C=O) groups excluding carboxylic acids is 1. The van der Waals surface area contributed by atoms with Gasteiger partial charge in [-0.1, -0.05) is 12.1 Å². The van der Waals surface area contributed by atoms with Crippen LogP contribution in [0.3, 0.4) is 0 Å². The summed E-state index contributed by atoms with van der Waals surface area (Å²) in [6, 6.07) is 8.79. The van der Waals surface area contributed by atoms with Gasteiger partial charge >= 0.3 is 6.36 Å². The first kappa shape index (κ1) is 18.7. The number of carbonyl (C=O) groups is 1. The molecule has 25 heavy (non-hydrogen) atoms. The number of benzene rings is 1.